The molecule has 1 heterocycles. The van der Waals surface area contributed by atoms with E-state index in [-0.39, 0.29) is 15.5 Å². The molecule has 0 radical (unpaired) electrons. The molecule has 0 spiro atoms. The highest BCUT2D eigenvalue weighted by Gasteiger charge is 2.19. The van der Waals surface area contributed by atoms with Crippen LogP contribution in [0.4, 0.5) is 5.69 Å². The number of benzene rings is 2. The third kappa shape index (κ3) is 5.34. The van der Waals surface area contributed by atoms with Gasteiger partial charge in [-0.3, -0.25) is 9.52 Å². The van der Waals surface area contributed by atoms with Crippen LogP contribution in [0.2, 0.25) is 0 Å². The van der Waals surface area contributed by atoms with Gasteiger partial charge >= 0.3 is 0 Å². The standard InChI is InChI=1S/C21H19N3O4S2/c1-28-19-12-5-2-8-16(19)9-6-14-22-23-21(25)17-10-3-4-11-18(17)24-30(26,27)20-13-7-15-29-20/h2-15,24H,1H3,(H,23,25)/b9-6+,22-14+. The Morgan fingerprint density at radius 2 is 1.83 bits per heavy atom. The van der Waals surface area contributed by atoms with Crippen molar-refractivity contribution in [3.05, 3.63) is 83.2 Å². The summed E-state index contributed by atoms with van der Waals surface area (Å²) in [5.74, 6) is 0.180. The first-order valence-corrected chi connectivity index (χ1v) is 11.2. The van der Waals surface area contributed by atoms with Crippen LogP contribution in [0.5, 0.6) is 5.75 Å². The second kappa shape index (κ2) is 9.86. The van der Waals surface area contributed by atoms with E-state index < -0.39 is 15.9 Å². The first-order valence-electron chi connectivity index (χ1n) is 8.80. The van der Waals surface area contributed by atoms with Crippen LogP contribution in [0.25, 0.3) is 6.08 Å². The fourth-order valence-corrected chi connectivity index (χ4v) is 4.60. The number of nitrogens with zero attached hydrogens (tertiary/aromatic N) is 1. The Bertz CT molecular complexity index is 1170. The fourth-order valence-electron chi connectivity index (χ4n) is 2.53. The molecule has 2 N–H and O–H groups in total. The molecule has 0 aliphatic heterocycles. The van der Waals surface area contributed by atoms with Crippen molar-refractivity contribution in [3.63, 3.8) is 0 Å². The quantitative estimate of drug-likeness (QED) is 0.408. The van der Waals surface area contributed by atoms with Crippen LogP contribution in [-0.4, -0.2) is 27.6 Å². The van der Waals surface area contributed by atoms with Gasteiger partial charge in [-0.1, -0.05) is 36.4 Å². The number of ether oxygens (including phenoxy) is 1. The maximum Gasteiger partial charge on any atom is 0.273 e. The second-order valence-electron chi connectivity index (χ2n) is 5.90. The Morgan fingerprint density at radius 3 is 2.60 bits per heavy atom. The molecule has 0 aliphatic carbocycles. The van der Waals surface area contributed by atoms with Gasteiger partial charge in [-0.15, -0.1) is 11.3 Å². The molecule has 1 amide bonds. The number of hydrogen-bond donors (Lipinski definition) is 2. The minimum absolute atomic E-state index is 0.156. The summed E-state index contributed by atoms with van der Waals surface area (Å²) in [6.45, 7) is 0. The number of allylic oxidation sites excluding steroid dienone is 1. The maximum absolute atomic E-state index is 12.5. The van der Waals surface area contributed by atoms with Gasteiger partial charge in [0.25, 0.3) is 15.9 Å². The van der Waals surface area contributed by atoms with Crippen molar-refractivity contribution in [1.82, 2.24) is 5.43 Å². The van der Waals surface area contributed by atoms with Gasteiger partial charge in [0.05, 0.1) is 18.4 Å². The lowest BCUT2D eigenvalue weighted by Crippen LogP contribution is -2.21. The average Bonchev–Trinajstić information content (AvgIpc) is 3.30. The first kappa shape index (κ1) is 21.3. The van der Waals surface area contributed by atoms with Crippen molar-refractivity contribution in [3.8, 4) is 5.75 Å². The summed E-state index contributed by atoms with van der Waals surface area (Å²) in [5, 5.41) is 5.55. The molecule has 0 saturated carbocycles. The Morgan fingerprint density at radius 1 is 1.07 bits per heavy atom. The van der Waals surface area contributed by atoms with Crippen molar-refractivity contribution in [2.75, 3.05) is 11.8 Å². The summed E-state index contributed by atoms with van der Waals surface area (Å²) in [5.41, 5.74) is 3.58. The van der Waals surface area contributed by atoms with Gasteiger partial charge < -0.3 is 4.74 Å². The molecule has 0 bridgehead atoms. The van der Waals surface area contributed by atoms with E-state index in [1.165, 1.54) is 24.4 Å². The number of rotatable bonds is 8. The molecule has 0 atom stereocenters. The summed E-state index contributed by atoms with van der Waals surface area (Å²) in [7, 11) is -2.18. The molecular formula is C21H19N3O4S2. The zero-order chi connectivity index (χ0) is 21.4. The van der Waals surface area contributed by atoms with Gasteiger partial charge in [-0.25, -0.2) is 13.8 Å². The van der Waals surface area contributed by atoms with E-state index >= 15 is 0 Å². The van der Waals surface area contributed by atoms with Crippen LogP contribution >= 0.6 is 11.3 Å². The van der Waals surface area contributed by atoms with E-state index in [2.05, 4.69) is 15.2 Å². The molecule has 30 heavy (non-hydrogen) atoms. The molecule has 154 valence electrons. The topological polar surface area (TPSA) is 96.9 Å². The molecule has 7 nitrogen and oxygen atoms in total. The number of thiophene rings is 1. The van der Waals surface area contributed by atoms with E-state index in [0.29, 0.717) is 0 Å². The van der Waals surface area contributed by atoms with Crippen molar-refractivity contribution in [2.45, 2.75) is 4.21 Å². The number of hydrazone groups is 1. The Hall–Kier alpha value is -3.43. The molecule has 3 aromatic rings. The normalized spacial score (nSPS) is 11.6. The minimum Gasteiger partial charge on any atom is -0.496 e. The van der Waals surface area contributed by atoms with Crippen molar-refractivity contribution in [1.29, 1.82) is 0 Å². The number of hydrogen-bond acceptors (Lipinski definition) is 6. The Labute approximate surface area is 178 Å². The van der Waals surface area contributed by atoms with Crippen molar-refractivity contribution in [2.24, 2.45) is 5.10 Å². The minimum atomic E-state index is -3.77. The first-order chi connectivity index (χ1) is 14.5. The largest absolute Gasteiger partial charge is 0.496 e. The van der Waals surface area contributed by atoms with Crippen LogP contribution in [0, 0.1) is 0 Å². The highest BCUT2D eigenvalue weighted by atomic mass is 32.2. The van der Waals surface area contributed by atoms with E-state index in [4.69, 9.17) is 4.74 Å². The molecule has 2 aromatic carbocycles. The number of nitrogens with one attached hydrogen (secondary N) is 2. The predicted molar refractivity (Wildman–Crippen MR) is 120 cm³/mol. The van der Waals surface area contributed by atoms with Crippen LogP contribution in [0.3, 0.4) is 0 Å². The number of carbonyl (C=O) groups is 1. The molecule has 1 aromatic heterocycles. The molecule has 0 fully saturated rings. The highest BCUT2D eigenvalue weighted by molar-refractivity contribution is 7.94. The van der Waals surface area contributed by atoms with Gasteiger partial charge in [0.2, 0.25) is 0 Å². The average molecular weight is 442 g/mol. The lowest BCUT2D eigenvalue weighted by molar-refractivity contribution is 0.0956. The molecule has 0 aliphatic rings. The number of sulfonamides is 1. The van der Waals surface area contributed by atoms with Crippen molar-refractivity contribution >= 4 is 45.2 Å². The molecule has 3 rings (SSSR count). The van der Waals surface area contributed by atoms with E-state index in [1.807, 2.05) is 24.3 Å². The van der Waals surface area contributed by atoms with Crippen LogP contribution in [0.15, 0.2) is 81.4 Å². The number of methoxy groups -OCH3 is 1. The number of anilines is 1. The maximum atomic E-state index is 12.5. The highest BCUT2D eigenvalue weighted by Crippen LogP contribution is 2.23. The number of amides is 1. The zero-order valence-electron chi connectivity index (χ0n) is 16.0. The number of carbonyl (C=O) groups excluding carboxylic acids is 1. The lowest BCUT2D eigenvalue weighted by atomic mass is 10.2. The smallest absolute Gasteiger partial charge is 0.273 e. The van der Waals surface area contributed by atoms with Crippen molar-refractivity contribution < 1.29 is 17.9 Å². The zero-order valence-corrected chi connectivity index (χ0v) is 17.6. The lowest BCUT2D eigenvalue weighted by Gasteiger charge is -2.10. The van der Waals surface area contributed by atoms with Gasteiger partial charge in [0.1, 0.15) is 9.96 Å². The van der Waals surface area contributed by atoms with Crippen LogP contribution in [-0.2, 0) is 10.0 Å². The summed E-state index contributed by atoms with van der Waals surface area (Å²) < 4.78 is 32.8. The van der Waals surface area contributed by atoms with E-state index in [9.17, 15) is 13.2 Å². The summed E-state index contributed by atoms with van der Waals surface area (Å²) in [6, 6.07) is 16.9. The van der Waals surface area contributed by atoms with E-state index in [0.717, 1.165) is 22.6 Å². The third-order valence-electron chi connectivity index (χ3n) is 3.92. The molecular weight excluding hydrogens is 422 g/mol. The molecule has 9 heteroatoms. The van der Waals surface area contributed by atoms with Gasteiger partial charge in [-0.2, -0.15) is 5.10 Å². The third-order valence-corrected chi connectivity index (χ3v) is 6.68. The van der Waals surface area contributed by atoms with Gasteiger partial charge in [-0.05, 0) is 41.8 Å². The molecule has 0 unspecified atom stereocenters. The fraction of sp³-hybridized carbons (Fsp3) is 0.0476. The van der Waals surface area contributed by atoms with Crippen LogP contribution < -0.4 is 14.9 Å². The summed E-state index contributed by atoms with van der Waals surface area (Å²) in [6.07, 6.45) is 4.86. The SMILES string of the molecule is COc1ccccc1/C=C/C=N/NC(=O)c1ccccc1NS(=O)(=O)c1cccs1. The van der Waals surface area contributed by atoms with E-state index in [1.54, 1.807) is 42.8 Å². The Balaban J connectivity index is 1.68. The van der Waals surface area contributed by atoms with Crippen LogP contribution in [0.1, 0.15) is 15.9 Å². The van der Waals surface area contributed by atoms with Gasteiger partial charge in [0, 0.05) is 11.8 Å². The predicted octanol–water partition coefficient (Wildman–Crippen LogP) is 3.99. The summed E-state index contributed by atoms with van der Waals surface area (Å²) >= 11 is 1.09. The monoisotopic (exact) mass is 441 g/mol. The molecule has 0 saturated heterocycles. The second-order valence-corrected chi connectivity index (χ2v) is 8.76. The Kier molecular flexibility index (Phi) is 6.99. The number of para-hydroxylation sites is 2. The summed E-state index contributed by atoms with van der Waals surface area (Å²) in [4.78, 5) is 12.5. The van der Waals surface area contributed by atoms with Gasteiger partial charge in [0.15, 0.2) is 0 Å².